The molecular formula is C9H15N3. The Morgan fingerprint density at radius 2 is 2.42 bits per heavy atom. The number of hydrogen-bond donors (Lipinski definition) is 1. The Hall–Kier alpha value is -1.12. The van der Waals surface area contributed by atoms with Crippen molar-refractivity contribution in [3.63, 3.8) is 0 Å². The Morgan fingerprint density at radius 1 is 1.58 bits per heavy atom. The summed E-state index contributed by atoms with van der Waals surface area (Å²) in [7, 11) is 0. The molecule has 0 amide bonds. The lowest BCUT2D eigenvalue weighted by Crippen LogP contribution is -2.29. The van der Waals surface area contributed by atoms with Gasteiger partial charge in [0.2, 0.25) is 0 Å². The molecule has 0 aromatic carbocycles. The van der Waals surface area contributed by atoms with Crippen LogP contribution in [0.4, 0.5) is 0 Å². The fourth-order valence-corrected chi connectivity index (χ4v) is 1.66. The second kappa shape index (κ2) is 2.73. The molecule has 0 bridgehead atoms. The molecule has 66 valence electrons. The maximum absolute atomic E-state index is 4.24. The molecule has 0 radical (unpaired) electrons. The minimum atomic E-state index is 0. The van der Waals surface area contributed by atoms with E-state index >= 15 is 0 Å². The maximum Gasteiger partial charge on any atom is 0.131 e. The summed E-state index contributed by atoms with van der Waals surface area (Å²) in [6.07, 6.45) is 5.88. The van der Waals surface area contributed by atoms with Gasteiger partial charge in [-0.1, -0.05) is 13.8 Å². The topological polar surface area (TPSA) is 36.8 Å². The number of aliphatic imine (C=N–C) groups is 2. The maximum atomic E-state index is 4.24. The van der Waals surface area contributed by atoms with Gasteiger partial charge in [0, 0.05) is 7.64 Å². The number of hydrogen-bond acceptors (Lipinski definition) is 3. The first kappa shape index (κ1) is 7.53. The predicted molar refractivity (Wildman–Crippen MR) is 52.4 cm³/mol. The first-order valence-electron chi connectivity index (χ1n) is 4.30. The Balaban J connectivity index is 0.000000845. The van der Waals surface area contributed by atoms with Gasteiger partial charge in [0.05, 0.1) is 5.92 Å². The van der Waals surface area contributed by atoms with Crippen LogP contribution in [0.3, 0.4) is 0 Å². The van der Waals surface area contributed by atoms with E-state index < -0.39 is 0 Å². The molecule has 1 N–H and O–H groups in total. The predicted octanol–water partition coefficient (Wildman–Crippen LogP) is 1.43. The van der Waals surface area contributed by atoms with Gasteiger partial charge >= 0.3 is 0 Å². The van der Waals surface area contributed by atoms with E-state index in [1.54, 1.807) is 6.34 Å². The smallest absolute Gasteiger partial charge is 0.131 e. The molecule has 0 fully saturated rings. The van der Waals surface area contributed by atoms with Crippen LogP contribution >= 0.6 is 0 Å². The van der Waals surface area contributed by atoms with Crippen molar-refractivity contribution in [2.24, 2.45) is 21.8 Å². The van der Waals surface area contributed by atoms with Gasteiger partial charge < -0.3 is 5.32 Å². The molecule has 12 heavy (non-hydrogen) atoms. The zero-order valence-corrected chi connectivity index (χ0v) is 7.36. The van der Waals surface area contributed by atoms with Gasteiger partial charge in [-0.25, -0.2) is 9.98 Å². The monoisotopic (exact) mass is 165 g/mol. The normalized spacial score (nSPS) is 31.8. The van der Waals surface area contributed by atoms with E-state index in [1.807, 2.05) is 6.21 Å². The third kappa shape index (κ3) is 1.05. The molecule has 0 aromatic rings. The zero-order valence-electron chi connectivity index (χ0n) is 7.36. The van der Waals surface area contributed by atoms with Crippen molar-refractivity contribution in [2.75, 3.05) is 0 Å². The van der Waals surface area contributed by atoms with Crippen LogP contribution < -0.4 is 5.32 Å². The number of fused-ring (bicyclic) bond motifs is 1. The van der Waals surface area contributed by atoms with Crippen LogP contribution in [0.5, 0.6) is 0 Å². The molecule has 3 nitrogen and oxygen atoms in total. The first-order chi connectivity index (χ1) is 5.79. The third-order valence-electron chi connectivity index (χ3n) is 2.35. The minimum Gasteiger partial charge on any atom is -0.369 e. The molecule has 2 aliphatic heterocycles. The second-order valence-electron chi connectivity index (χ2n) is 3.50. The molecule has 2 atom stereocenters. The molecule has 0 aromatic heterocycles. The lowest BCUT2D eigenvalue weighted by atomic mass is 9.92. The summed E-state index contributed by atoms with van der Waals surface area (Å²) in [5.41, 5.74) is 1.40. The van der Waals surface area contributed by atoms with Crippen molar-refractivity contribution in [1.29, 1.82) is 0 Å². The summed E-state index contributed by atoms with van der Waals surface area (Å²) < 4.78 is 0. The van der Waals surface area contributed by atoms with Crippen molar-refractivity contribution < 1.29 is 1.43 Å². The van der Waals surface area contributed by atoms with E-state index in [0.717, 1.165) is 0 Å². The summed E-state index contributed by atoms with van der Waals surface area (Å²) in [4.78, 5) is 8.29. The van der Waals surface area contributed by atoms with Gasteiger partial charge in [0.25, 0.3) is 0 Å². The average molecular weight is 165 g/mol. The van der Waals surface area contributed by atoms with Crippen molar-refractivity contribution in [1.82, 2.24) is 5.32 Å². The van der Waals surface area contributed by atoms with Crippen LogP contribution in [0, 0.1) is 11.8 Å². The van der Waals surface area contributed by atoms with E-state index in [9.17, 15) is 0 Å². The van der Waals surface area contributed by atoms with Gasteiger partial charge in [-0.15, -0.1) is 0 Å². The van der Waals surface area contributed by atoms with Crippen LogP contribution in [-0.2, 0) is 0 Å². The van der Waals surface area contributed by atoms with Crippen molar-refractivity contribution in [2.45, 2.75) is 20.0 Å². The standard InChI is InChI=1S/C9H13N3.H2/c1-6(2)7-4-11-9-8(7)3-10-5-12-9;/h3-6,8-9,11H,1-2H3;1H. The second-order valence-corrected chi connectivity index (χ2v) is 3.50. The van der Waals surface area contributed by atoms with E-state index in [0.29, 0.717) is 11.8 Å². The molecule has 0 saturated heterocycles. The molecule has 2 rings (SSSR count). The van der Waals surface area contributed by atoms with E-state index in [2.05, 4.69) is 35.3 Å². The Bertz CT molecular complexity index is 268. The Labute approximate surface area is 73.8 Å². The highest BCUT2D eigenvalue weighted by molar-refractivity contribution is 5.79. The minimum absolute atomic E-state index is 0. The largest absolute Gasteiger partial charge is 0.369 e. The molecule has 0 spiro atoms. The third-order valence-corrected chi connectivity index (χ3v) is 2.35. The number of rotatable bonds is 1. The SMILES string of the molecule is CC(C)C1=CNC2N=CN=CC12.[HH]. The fourth-order valence-electron chi connectivity index (χ4n) is 1.66. The van der Waals surface area contributed by atoms with Gasteiger partial charge in [-0.3, -0.25) is 0 Å². The summed E-state index contributed by atoms with van der Waals surface area (Å²) in [5, 5.41) is 3.24. The van der Waals surface area contributed by atoms with Gasteiger partial charge in [-0.05, 0) is 17.7 Å². The molecule has 2 unspecified atom stereocenters. The number of nitrogens with one attached hydrogen (secondary N) is 1. The molecule has 3 heteroatoms. The molecule has 0 aliphatic carbocycles. The lowest BCUT2D eigenvalue weighted by Gasteiger charge is -2.18. The van der Waals surface area contributed by atoms with Gasteiger partial charge in [-0.2, -0.15) is 0 Å². The quantitative estimate of drug-likeness (QED) is 0.627. The first-order valence-corrected chi connectivity index (χ1v) is 4.30. The fraction of sp³-hybridized carbons (Fsp3) is 0.556. The summed E-state index contributed by atoms with van der Waals surface area (Å²) in [6, 6.07) is 0. The van der Waals surface area contributed by atoms with Crippen LogP contribution in [0.15, 0.2) is 21.8 Å². The van der Waals surface area contributed by atoms with E-state index in [4.69, 9.17) is 0 Å². The lowest BCUT2D eigenvalue weighted by molar-refractivity contribution is 0.558. The van der Waals surface area contributed by atoms with Crippen molar-refractivity contribution >= 4 is 12.6 Å². The summed E-state index contributed by atoms with van der Waals surface area (Å²) in [5.74, 6) is 0.960. The van der Waals surface area contributed by atoms with Gasteiger partial charge in [0.15, 0.2) is 0 Å². The Morgan fingerprint density at radius 3 is 3.17 bits per heavy atom. The number of nitrogens with zero attached hydrogens (tertiary/aromatic N) is 2. The van der Waals surface area contributed by atoms with E-state index in [-0.39, 0.29) is 7.59 Å². The summed E-state index contributed by atoms with van der Waals surface area (Å²) in [6.45, 7) is 4.39. The van der Waals surface area contributed by atoms with Crippen LogP contribution in [-0.4, -0.2) is 18.7 Å². The highest BCUT2D eigenvalue weighted by Crippen LogP contribution is 2.27. The van der Waals surface area contributed by atoms with Crippen LogP contribution in [0.25, 0.3) is 0 Å². The molecular weight excluding hydrogens is 150 g/mol. The highest BCUT2D eigenvalue weighted by atomic mass is 15.1. The van der Waals surface area contributed by atoms with Crippen LogP contribution in [0.1, 0.15) is 15.3 Å². The molecule has 2 heterocycles. The van der Waals surface area contributed by atoms with Crippen LogP contribution in [0.2, 0.25) is 0 Å². The summed E-state index contributed by atoms with van der Waals surface area (Å²) >= 11 is 0. The Kier molecular flexibility index (Phi) is 1.71. The van der Waals surface area contributed by atoms with Crippen molar-refractivity contribution in [3.8, 4) is 0 Å². The zero-order chi connectivity index (χ0) is 8.55. The van der Waals surface area contributed by atoms with E-state index in [1.165, 1.54) is 5.57 Å². The average Bonchev–Trinajstić information content (AvgIpc) is 2.47. The molecule has 0 saturated carbocycles. The van der Waals surface area contributed by atoms with Crippen molar-refractivity contribution in [3.05, 3.63) is 11.8 Å². The highest BCUT2D eigenvalue weighted by Gasteiger charge is 2.29. The van der Waals surface area contributed by atoms with Gasteiger partial charge in [0.1, 0.15) is 12.5 Å². The molecule has 2 aliphatic rings.